The zero-order valence-electron chi connectivity index (χ0n) is 17.0. The van der Waals surface area contributed by atoms with Gasteiger partial charge < -0.3 is 10.2 Å². The van der Waals surface area contributed by atoms with E-state index in [4.69, 9.17) is 11.4 Å². The molecule has 0 fully saturated rings. The molecule has 2 unspecified atom stereocenters. The van der Waals surface area contributed by atoms with Crippen molar-refractivity contribution >= 4 is 11.8 Å². The Morgan fingerprint density at radius 3 is 2.80 bits per heavy atom. The summed E-state index contributed by atoms with van der Waals surface area (Å²) in [6, 6.07) is 8.02. The maximum Gasteiger partial charge on any atom is 0.222 e. The summed E-state index contributed by atoms with van der Waals surface area (Å²) in [5.74, 6) is 3.79. The van der Waals surface area contributed by atoms with Crippen LogP contribution in [0, 0.1) is 18.2 Å². The van der Waals surface area contributed by atoms with E-state index in [1.54, 1.807) is 25.4 Å². The molecule has 2 aliphatic rings. The van der Waals surface area contributed by atoms with E-state index in [2.05, 4.69) is 43.2 Å². The summed E-state index contributed by atoms with van der Waals surface area (Å²) in [5, 5.41) is 2.99. The van der Waals surface area contributed by atoms with Crippen LogP contribution >= 0.6 is 0 Å². The molecule has 0 saturated carbocycles. The second-order valence-corrected chi connectivity index (χ2v) is 7.30. The molecule has 30 heavy (non-hydrogen) atoms. The lowest BCUT2D eigenvalue weighted by Crippen LogP contribution is -2.30. The minimum absolute atomic E-state index is 0.155. The van der Waals surface area contributed by atoms with E-state index in [0.29, 0.717) is 12.5 Å². The van der Waals surface area contributed by atoms with Gasteiger partial charge in [-0.15, -0.1) is 6.42 Å². The van der Waals surface area contributed by atoms with Crippen molar-refractivity contribution in [1.29, 1.82) is 0 Å². The summed E-state index contributed by atoms with van der Waals surface area (Å²) in [5.41, 5.74) is 2.90. The molecule has 7 heteroatoms. The van der Waals surface area contributed by atoms with E-state index in [0.717, 1.165) is 29.2 Å². The molecule has 0 aliphatic carbocycles. The van der Waals surface area contributed by atoms with Crippen LogP contribution in [0.1, 0.15) is 23.3 Å². The fourth-order valence-electron chi connectivity index (χ4n) is 3.75. The molecule has 0 spiro atoms. The number of hydrogen-bond acceptors (Lipinski definition) is 6. The van der Waals surface area contributed by atoms with Crippen molar-refractivity contribution < 1.29 is 4.39 Å². The van der Waals surface area contributed by atoms with E-state index < -0.39 is 0 Å². The fraction of sp³-hybridized carbons (Fsp3) is 0.261. The molecule has 0 saturated heterocycles. The number of halogens is 1. The van der Waals surface area contributed by atoms with Gasteiger partial charge in [-0.2, -0.15) is 0 Å². The number of rotatable bonds is 6. The maximum atomic E-state index is 13.5. The molecule has 2 atom stereocenters. The first-order valence-electron chi connectivity index (χ1n) is 9.72. The van der Waals surface area contributed by atoms with E-state index in [-0.39, 0.29) is 17.9 Å². The van der Waals surface area contributed by atoms with Crippen molar-refractivity contribution in [3.05, 3.63) is 77.5 Å². The van der Waals surface area contributed by atoms with Gasteiger partial charge >= 0.3 is 0 Å². The Morgan fingerprint density at radius 1 is 1.27 bits per heavy atom. The molecule has 0 amide bonds. The van der Waals surface area contributed by atoms with Crippen molar-refractivity contribution in [2.24, 2.45) is 4.99 Å². The number of hydrogen-bond donors (Lipinski definition) is 1. The minimum Gasteiger partial charge on any atom is -0.357 e. The number of nitrogens with one attached hydrogen (secondary N) is 1. The number of terminal acetylenes is 1. The van der Waals surface area contributed by atoms with E-state index >= 15 is 0 Å². The highest BCUT2D eigenvalue weighted by Crippen LogP contribution is 2.43. The number of benzene rings is 1. The average Bonchev–Trinajstić information content (AvgIpc) is 3.13. The molecule has 1 aromatic heterocycles. The Morgan fingerprint density at radius 2 is 2.07 bits per heavy atom. The van der Waals surface area contributed by atoms with Crippen molar-refractivity contribution in [2.45, 2.75) is 12.1 Å². The lowest BCUT2D eigenvalue weighted by atomic mass is 9.97. The van der Waals surface area contributed by atoms with Crippen molar-refractivity contribution in [3.63, 3.8) is 0 Å². The van der Waals surface area contributed by atoms with Gasteiger partial charge in [0, 0.05) is 26.0 Å². The quantitative estimate of drug-likeness (QED) is 0.753. The SMILES string of the molecule is C#CCN(C)CC1=CC2=NC(c3ccc(F)cc3)C(c3ccnc(NC)n3)N2C=C1. The number of likely N-dealkylation sites (N-methyl/N-ethyl adjacent to an activating group) is 1. The standard InChI is InChI=1S/C23H23FN6/c1-4-12-29(3)15-16-10-13-30-20(14-16)28-21(17-5-7-18(24)8-6-17)22(30)19-9-11-26-23(25-2)27-19/h1,5-11,13-14,21-22H,12,15H2,2-3H3,(H,25,26,27). The molecule has 1 N–H and O–H groups in total. The lowest BCUT2D eigenvalue weighted by molar-refractivity contribution is 0.382. The highest BCUT2D eigenvalue weighted by Gasteiger charge is 2.38. The van der Waals surface area contributed by atoms with Crippen molar-refractivity contribution in [2.75, 3.05) is 32.5 Å². The smallest absolute Gasteiger partial charge is 0.222 e. The number of anilines is 1. The summed E-state index contributed by atoms with van der Waals surface area (Å²) in [6.45, 7) is 1.31. The summed E-state index contributed by atoms with van der Waals surface area (Å²) in [7, 11) is 3.78. The Hall–Kier alpha value is -3.50. The van der Waals surface area contributed by atoms with Gasteiger partial charge in [-0.05, 0) is 48.5 Å². The van der Waals surface area contributed by atoms with Gasteiger partial charge in [-0.1, -0.05) is 18.1 Å². The van der Waals surface area contributed by atoms with Crippen LogP contribution in [-0.4, -0.2) is 52.8 Å². The van der Waals surface area contributed by atoms with Crippen LogP contribution in [0.4, 0.5) is 10.3 Å². The molecule has 3 heterocycles. The van der Waals surface area contributed by atoms with Crippen LogP contribution in [0.15, 0.2) is 65.4 Å². The van der Waals surface area contributed by atoms with E-state index in [1.807, 2.05) is 19.3 Å². The van der Waals surface area contributed by atoms with Crippen molar-refractivity contribution in [1.82, 2.24) is 19.8 Å². The Kier molecular flexibility index (Phi) is 5.59. The Bertz CT molecular complexity index is 1050. The first kappa shape index (κ1) is 19.8. The summed E-state index contributed by atoms with van der Waals surface area (Å²) >= 11 is 0. The highest BCUT2D eigenvalue weighted by atomic mass is 19.1. The Balaban J connectivity index is 1.71. The highest BCUT2D eigenvalue weighted by molar-refractivity contribution is 5.97. The van der Waals surface area contributed by atoms with Crippen LogP contribution in [0.5, 0.6) is 0 Å². The van der Waals surface area contributed by atoms with Crippen LogP contribution in [0.2, 0.25) is 0 Å². The van der Waals surface area contributed by atoms with Gasteiger partial charge in [-0.3, -0.25) is 9.89 Å². The van der Waals surface area contributed by atoms with Gasteiger partial charge in [0.25, 0.3) is 0 Å². The molecular formula is C23H23FN6. The van der Waals surface area contributed by atoms with Gasteiger partial charge in [-0.25, -0.2) is 14.4 Å². The van der Waals surface area contributed by atoms with E-state index in [1.165, 1.54) is 12.1 Å². The first-order chi connectivity index (χ1) is 14.6. The predicted molar refractivity (Wildman–Crippen MR) is 116 cm³/mol. The third kappa shape index (κ3) is 3.95. The number of aromatic nitrogens is 2. The first-order valence-corrected chi connectivity index (χ1v) is 9.72. The maximum absolute atomic E-state index is 13.5. The third-order valence-corrected chi connectivity index (χ3v) is 5.13. The second kappa shape index (κ2) is 8.47. The topological polar surface area (TPSA) is 56.7 Å². The van der Waals surface area contributed by atoms with Crippen LogP contribution in [-0.2, 0) is 0 Å². The molecule has 0 radical (unpaired) electrons. The molecule has 2 aliphatic heterocycles. The normalized spacial score (nSPS) is 19.9. The predicted octanol–water partition coefficient (Wildman–Crippen LogP) is 3.17. The molecule has 152 valence electrons. The molecule has 0 bridgehead atoms. The fourth-order valence-corrected chi connectivity index (χ4v) is 3.75. The zero-order chi connectivity index (χ0) is 21.1. The van der Waals surface area contributed by atoms with Crippen LogP contribution in [0.25, 0.3) is 0 Å². The molecule has 1 aromatic carbocycles. The summed E-state index contributed by atoms with van der Waals surface area (Å²) in [4.78, 5) is 18.0. The Labute approximate surface area is 175 Å². The summed E-state index contributed by atoms with van der Waals surface area (Å²) < 4.78 is 13.5. The number of amidine groups is 1. The number of aliphatic imine (C=N–C) groups is 1. The van der Waals surface area contributed by atoms with E-state index in [9.17, 15) is 4.39 Å². The van der Waals surface area contributed by atoms with Crippen molar-refractivity contribution in [3.8, 4) is 12.3 Å². The molecule has 4 rings (SSSR count). The van der Waals surface area contributed by atoms with Gasteiger partial charge in [0.05, 0.1) is 12.2 Å². The van der Waals surface area contributed by atoms with Gasteiger partial charge in [0.2, 0.25) is 5.95 Å². The minimum atomic E-state index is -0.267. The lowest BCUT2D eigenvalue weighted by Gasteiger charge is -2.29. The number of fused-ring (bicyclic) bond motifs is 1. The van der Waals surface area contributed by atoms with Crippen LogP contribution in [0.3, 0.4) is 0 Å². The summed E-state index contributed by atoms with van der Waals surface area (Å²) in [6.07, 6.45) is 13.3. The monoisotopic (exact) mass is 402 g/mol. The van der Waals surface area contributed by atoms with Gasteiger partial charge in [0.1, 0.15) is 23.7 Å². The largest absolute Gasteiger partial charge is 0.357 e. The number of nitrogens with zero attached hydrogens (tertiary/aromatic N) is 5. The van der Waals surface area contributed by atoms with Crippen LogP contribution < -0.4 is 5.32 Å². The third-order valence-electron chi connectivity index (χ3n) is 5.13. The average molecular weight is 402 g/mol. The molecular weight excluding hydrogens is 379 g/mol. The molecule has 6 nitrogen and oxygen atoms in total. The second-order valence-electron chi connectivity index (χ2n) is 7.30. The zero-order valence-corrected chi connectivity index (χ0v) is 17.0. The molecule has 2 aromatic rings. The van der Waals surface area contributed by atoms with Gasteiger partial charge in [0.15, 0.2) is 0 Å².